The molecule has 0 aromatic heterocycles. The Kier molecular flexibility index (Phi) is 4.17. The molecular weight excluding hydrogens is 244 g/mol. The lowest BCUT2D eigenvalue weighted by Crippen LogP contribution is -2.48. The molecule has 1 fully saturated rings. The van der Waals surface area contributed by atoms with Crippen LogP contribution in [0.3, 0.4) is 0 Å². The lowest BCUT2D eigenvalue weighted by Gasteiger charge is -2.38. The molecule has 1 aliphatic heterocycles. The van der Waals surface area contributed by atoms with Gasteiger partial charge < -0.3 is 25.2 Å². The van der Waals surface area contributed by atoms with Gasteiger partial charge in [-0.25, -0.2) is 0 Å². The molecule has 1 aliphatic rings. The number of nitrogens with zero attached hydrogens (tertiary/aromatic N) is 1. The Hall–Kier alpha value is -1.46. The number of aliphatic hydroxyl groups is 1. The summed E-state index contributed by atoms with van der Waals surface area (Å²) >= 11 is 0. The predicted octanol–water partition coefficient (Wildman–Crippen LogP) is 0.994. The Labute approximate surface area is 113 Å². The molecule has 5 heteroatoms. The van der Waals surface area contributed by atoms with Gasteiger partial charge in [0, 0.05) is 31.4 Å². The largest absolute Gasteiger partial charge is 0.493 e. The first-order valence-electron chi connectivity index (χ1n) is 6.51. The van der Waals surface area contributed by atoms with Crippen molar-refractivity contribution in [3.63, 3.8) is 0 Å². The molecule has 1 heterocycles. The molecular formula is C14H22N2O3. The van der Waals surface area contributed by atoms with Gasteiger partial charge in [0.05, 0.1) is 19.8 Å². The van der Waals surface area contributed by atoms with E-state index in [-0.39, 0.29) is 0 Å². The summed E-state index contributed by atoms with van der Waals surface area (Å²) in [6, 6.07) is 5.87. The lowest BCUT2D eigenvalue weighted by molar-refractivity contribution is 0.0250. The smallest absolute Gasteiger partial charge is 0.162 e. The van der Waals surface area contributed by atoms with Crippen LogP contribution in [0, 0.1) is 0 Å². The molecule has 1 aromatic rings. The maximum Gasteiger partial charge on any atom is 0.162 e. The summed E-state index contributed by atoms with van der Waals surface area (Å²) in [5, 5.41) is 10.1. The number of hydrogen-bond donors (Lipinski definition) is 2. The minimum absolute atomic E-state index is 0.326. The van der Waals surface area contributed by atoms with Crippen molar-refractivity contribution in [2.75, 3.05) is 38.8 Å². The van der Waals surface area contributed by atoms with Crippen molar-refractivity contribution in [3.8, 4) is 11.5 Å². The van der Waals surface area contributed by atoms with E-state index < -0.39 is 5.60 Å². The van der Waals surface area contributed by atoms with E-state index in [2.05, 4.69) is 4.90 Å². The van der Waals surface area contributed by atoms with Gasteiger partial charge in [-0.05, 0) is 25.0 Å². The van der Waals surface area contributed by atoms with Crippen LogP contribution in [0.4, 0.5) is 5.69 Å². The summed E-state index contributed by atoms with van der Waals surface area (Å²) in [5.74, 6) is 1.45. The minimum Gasteiger partial charge on any atom is -0.493 e. The van der Waals surface area contributed by atoms with Gasteiger partial charge in [0.15, 0.2) is 11.5 Å². The topological polar surface area (TPSA) is 68.0 Å². The maximum absolute atomic E-state index is 10.1. The maximum atomic E-state index is 10.1. The van der Waals surface area contributed by atoms with Gasteiger partial charge in [0.2, 0.25) is 0 Å². The molecule has 0 spiro atoms. The van der Waals surface area contributed by atoms with Crippen molar-refractivity contribution >= 4 is 5.69 Å². The molecule has 0 unspecified atom stereocenters. The number of ether oxygens (including phenoxy) is 2. The van der Waals surface area contributed by atoms with Crippen LogP contribution in [-0.2, 0) is 0 Å². The number of nitrogens with two attached hydrogens (primary N) is 1. The summed E-state index contributed by atoms with van der Waals surface area (Å²) in [7, 11) is 3.25. The summed E-state index contributed by atoms with van der Waals surface area (Å²) in [6.45, 7) is 1.92. The van der Waals surface area contributed by atoms with Gasteiger partial charge in [-0.3, -0.25) is 0 Å². The van der Waals surface area contributed by atoms with Crippen molar-refractivity contribution in [1.29, 1.82) is 0 Å². The first-order chi connectivity index (χ1) is 9.11. The normalized spacial score (nSPS) is 18.2. The van der Waals surface area contributed by atoms with Crippen LogP contribution >= 0.6 is 0 Å². The molecule has 0 radical (unpaired) electrons. The summed E-state index contributed by atoms with van der Waals surface area (Å²) in [6.07, 6.45) is 1.38. The molecule has 5 nitrogen and oxygen atoms in total. The quantitative estimate of drug-likeness (QED) is 0.851. The number of anilines is 1. The number of methoxy groups -OCH3 is 2. The van der Waals surface area contributed by atoms with E-state index >= 15 is 0 Å². The fourth-order valence-electron chi connectivity index (χ4n) is 2.41. The Balaban J connectivity index is 2.11. The molecule has 1 aromatic carbocycles. The molecule has 3 N–H and O–H groups in total. The lowest BCUT2D eigenvalue weighted by atomic mass is 9.91. The summed E-state index contributed by atoms with van der Waals surface area (Å²) in [4.78, 5) is 2.23. The zero-order valence-electron chi connectivity index (χ0n) is 11.6. The molecule has 106 valence electrons. The first-order valence-corrected chi connectivity index (χ1v) is 6.51. The van der Waals surface area contributed by atoms with E-state index in [4.69, 9.17) is 15.2 Å². The second kappa shape index (κ2) is 5.67. The van der Waals surface area contributed by atoms with E-state index in [1.807, 2.05) is 18.2 Å². The predicted molar refractivity (Wildman–Crippen MR) is 75.0 cm³/mol. The van der Waals surface area contributed by atoms with Crippen LogP contribution in [0.25, 0.3) is 0 Å². The number of rotatable bonds is 4. The monoisotopic (exact) mass is 266 g/mol. The fourth-order valence-corrected chi connectivity index (χ4v) is 2.41. The van der Waals surface area contributed by atoms with Crippen molar-refractivity contribution in [1.82, 2.24) is 0 Å². The SMILES string of the molecule is COc1ccc(N2CCC(O)(CN)CC2)cc1OC. The fraction of sp³-hybridized carbons (Fsp3) is 0.571. The molecule has 0 aliphatic carbocycles. The van der Waals surface area contributed by atoms with Crippen LogP contribution in [0.5, 0.6) is 11.5 Å². The Morgan fingerprint density at radius 3 is 2.37 bits per heavy atom. The minimum atomic E-state index is -0.701. The second-order valence-corrected chi connectivity index (χ2v) is 4.95. The van der Waals surface area contributed by atoms with Crippen molar-refractivity contribution < 1.29 is 14.6 Å². The van der Waals surface area contributed by atoms with E-state index in [1.54, 1.807) is 14.2 Å². The number of piperidine rings is 1. The van der Waals surface area contributed by atoms with E-state index in [0.29, 0.717) is 19.4 Å². The third kappa shape index (κ3) is 2.93. The van der Waals surface area contributed by atoms with Gasteiger partial charge in [0.1, 0.15) is 0 Å². The standard InChI is InChI=1S/C14H22N2O3/c1-18-12-4-3-11(9-13(12)19-2)16-7-5-14(17,10-15)6-8-16/h3-4,9,17H,5-8,10,15H2,1-2H3. The van der Waals surface area contributed by atoms with Crippen molar-refractivity contribution in [2.45, 2.75) is 18.4 Å². The van der Waals surface area contributed by atoms with Gasteiger partial charge in [-0.1, -0.05) is 0 Å². The van der Waals surface area contributed by atoms with Crippen LogP contribution < -0.4 is 20.1 Å². The molecule has 2 rings (SSSR count). The third-order valence-electron chi connectivity index (χ3n) is 3.81. The van der Waals surface area contributed by atoms with Gasteiger partial charge in [-0.2, -0.15) is 0 Å². The van der Waals surface area contributed by atoms with Crippen LogP contribution in [-0.4, -0.2) is 44.6 Å². The van der Waals surface area contributed by atoms with Crippen LogP contribution in [0.1, 0.15) is 12.8 Å². The second-order valence-electron chi connectivity index (χ2n) is 4.95. The molecule has 19 heavy (non-hydrogen) atoms. The van der Waals surface area contributed by atoms with E-state index in [0.717, 1.165) is 30.3 Å². The highest BCUT2D eigenvalue weighted by molar-refractivity contribution is 5.56. The first kappa shape index (κ1) is 14.0. The zero-order chi connectivity index (χ0) is 13.9. The Bertz CT molecular complexity index is 429. The van der Waals surface area contributed by atoms with Crippen LogP contribution in [0.15, 0.2) is 18.2 Å². The zero-order valence-corrected chi connectivity index (χ0v) is 11.6. The summed E-state index contributed by atoms with van der Waals surface area (Å²) in [5.41, 5.74) is 5.98. The third-order valence-corrected chi connectivity index (χ3v) is 3.81. The van der Waals surface area contributed by atoms with Crippen LogP contribution in [0.2, 0.25) is 0 Å². The van der Waals surface area contributed by atoms with Gasteiger partial charge in [-0.15, -0.1) is 0 Å². The molecule has 0 saturated carbocycles. The average Bonchev–Trinajstić information content (AvgIpc) is 2.47. The average molecular weight is 266 g/mol. The molecule has 0 atom stereocenters. The van der Waals surface area contributed by atoms with Gasteiger partial charge >= 0.3 is 0 Å². The van der Waals surface area contributed by atoms with E-state index in [9.17, 15) is 5.11 Å². The summed E-state index contributed by atoms with van der Waals surface area (Å²) < 4.78 is 10.5. The molecule has 1 saturated heterocycles. The highest BCUT2D eigenvalue weighted by Crippen LogP contribution is 2.33. The number of benzene rings is 1. The van der Waals surface area contributed by atoms with E-state index in [1.165, 1.54) is 0 Å². The Morgan fingerprint density at radius 2 is 1.84 bits per heavy atom. The highest BCUT2D eigenvalue weighted by Gasteiger charge is 2.31. The highest BCUT2D eigenvalue weighted by atomic mass is 16.5. The van der Waals surface area contributed by atoms with Crippen molar-refractivity contribution in [2.24, 2.45) is 5.73 Å². The molecule has 0 amide bonds. The Morgan fingerprint density at radius 1 is 1.21 bits per heavy atom. The number of hydrogen-bond acceptors (Lipinski definition) is 5. The van der Waals surface area contributed by atoms with Gasteiger partial charge in [0.25, 0.3) is 0 Å². The van der Waals surface area contributed by atoms with Crippen molar-refractivity contribution in [3.05, 3.63) is 18.2 Å². The molecule has 0 bridgehead atoms.